The summed E-state index contributed by atoms with van der Waals surface area (Å²) in [5, 5.41) is 8.34. The number of ether oxygens (including phenoxy) is 1. The number of H-pyrrole nitrogens is 1. The molecule has 1 rings (SSSR count). The highest BCUT2D eigenvalue weighted by atomic mass is 35.5. The topological polar surface area (TPSA) is 92.3 Å². The van der Waals surface area contributed by atoms with Crippen molar-refractivity contribution in [2.75, 3.05) is 7.11 Å². The molecule has 0 atom stereocenters. The Labute approximate surface area is 77.1 Å². The number of aromatic amines is 1. The van der Waals surface area contributed by atoms with Crippen molar-refractivity contribution in [1.29, 1.82) is 0 Å². The summed E-state index contributed by atoms with van der Waals surface area (Å²) in [6.45, 7) is 0. The fourth-order valence-corrected chi connectivity index (χ4v) is 0.968. The third kappa shape index (κ3) is 1.78. The lowest BCUT2D eigenvalue weighted by Gasteiger charge is -2.02. The third-order valence-corrected chi connectivity index (χ3v) is 1.60. The number of halogens is 1. The molecule has 0 fully saturated rings. The first-order valence-electron chi connectivity index (χ1n) is 3.13. The number of carboxylic acid groups (broad SMARTS) is 1. The number of carboxylic acids is 1. The van der Waals surface area contributed by atoms with Crippen LogP contribution in [0, 0.1) is 0 Å². The number of methoxy groups -OCH3 is 1. The van der Waals surface area contributed by atoms with E-state index in [1.54, 1.807) is 0 Å². The maximum Gasteiger partial charge on any atom is 0.354 e. The summed E-state index contributed by atoms with van der Waals surface area (Å²) in [6.07, 6.45) is 0. The Morgan fingerprint density at radius 2 is 2.31 bits per heavy atom. The molecule has 0 aliphatic carbocycles. The van der Waals surface area contributed by atoms with E-state index in [2.05, 4.69) is 9.72 Å². The van der Waals surface area contributed by atoms with E-state index >= 15 is 0 Å². The van der Waals surface area contributed by atoms with Crippen LogP contribution in [0.2, 0.25) is 5.02 Å². The molecule has 0 aliphatic heterocycles. The molecule has 6 nitrogen and oxygen atoms in total. The van der Waals surface area contributed by atoms with E-state index in [1.165, 1.54) is 7.11 Å². The van der Waals surface area contributed by atoms with Gasteiger partial charge in [0, 0.05) is 0 Å². The molecule has 0 aromatic carbocycles. The molecular formula is C6H5ClN2O4. The number of aromatic carboxylic acids is 1. The Morgan fingerprint density at radius 3 is 2.77 bits per heavy atom. The average Bonchev–Trinajstić information content (AvgIpc) is 2.08. The molecule has 13 heavy (non-hydrogen) atoms. The molecule has 0 saturated heterocycles. The summed E-state index contributed by atoms with van der Waals surface area (Å²) in [5.41, 5.74) is -1.25. The highest BCUT2D eigenvalue weighted by Gasteiger charge is 2.15. The fraction of sp³-hybridized carbons (Fsp3) is 0.167. The molecule has 0 bridgehead atoms. The van der Waals surface area contributed by atoms with Gasteiger partial charge in [-0.25, -0.2) is 9.59 Å². The lowest BCUT2D eigenvalue weighted by atomic mass is 10.4. The van der Waals surface area contributed by atoms with Gasteiger partial charge in [0.2, 0.25) is 5.88 Å². The number of hydrogen-bond donors (Lipinski definition) is 2. The summed E-state index contributed by atoms with van der Waals surface area (Å²) in [7, 11) is 1.24. The molecule has 1 aromatic rings. The van der Waals surface area contributed by atoms with Gasteiger partial charge in [-0.05, 0) is 0 Å². The van der Waals surface area contributed by atoms with E-state index < -0.39 is 17.4 Å². The van der Waals surface area contributed by atoms with Crippen LogP contribution in [0.1, 0.15) is 10.5 Å². The maximum absolute atomic E-state index is 10.8. The van der Waals surface area contributed by atoms with Crippen LogP contribution in [0.5, 0.6) is 5.88 Å². The second kappa shape index (κ2) is 3.44. The van der Waals surface area contributed by atoms with E-state index in [9.17, 15) is 9.59 Å². The van der Waals surface area contributed by atoms with Gasteiger partial charge in [-0.15, -0.1) is 0 Å². The molecule has 7 heteroatoms. The number of rotatable bonds is 2. The van der Waals surface area contributed by atoms with Crippen LogP contribution in [-0.4, -0.2) is 28.2 Å². The van der Waals surface area contributed by atoms with Crippen LogP contribution in [0.15, 0.2) is 4.79 Å². The minimum atomic E-state index is -1.34. The van der Waals surface area contributed by atoms with Crippen molar-refractivity contribution in [3.8, 4) is 5.88 Å². The molecule has 70 valence electrons. The largest absolute Gasteiger partial charge is 0.480 e. The first-order valence-corrected chi connectivity index (χ1v) is 3.51. The van der Waals surface area contributed by atoms with Crippen molar-refractivity contribution in [3.05, 3.63) is 21.2 Å². The van der Waals surface area contributed by atoms with Gasteiger partial charge in [0.05, 0.1) is 7.11 Å². The maximum atomic E-state index is 10.8. The molecule has 0 radical (unpaired) electrons. The van der Waals surface area contributed by atoms with Gasteiger partial charge >= 0.3 is 11.7 Å². The second-order valence-corrected chi connectivity index (χ2v) is 2.42. The number of hydrogen-bond acceptors (Lipinski definition) is 4. The monoisotopic (exact) mass is 204 g/mol. The van der Waals surface area contributed by atoms with Crippen LogP contribution >= 0.6 is 11.6 Å². The van der Waals surface area contributed by atoms with Crippen LogP contribution in [-0.2, 0) is 0 Å². The van der Waals surface area contributed by atoms with Gasteiger partial charge in [-0.1, -0.05) is 11.6 Å². The first-order chi connectivity index (χ1) is 6.06. The summed E-state index contributed by atoms with van der Waals surface area (Å²) >= 11 is 5.54. The molecule has 0 aliphatic rings. The molecule has 2 N–H and O–H groups in total. The van der Waals surface area contributed by atoms with E-state index in [0.717, 1.165) is 0 Å². The zero-order valence-corrected chi connectivity index (χ0v) is 7.25. The third-order valence-electron chi connectivity index (χ3n) is 1.25. The highest BCUT2D eigenvalue weighted by Crippen LogP contribution is 2.21. The number of carbonyl (C=O) groups is 1. The predicted molar refractivity (Wildman–Crippen MR) is 43.4 cm³/mol. The molecular weight excluding hydrogens is 200 g/mol. The molecule has 0 amide bonds. The Kier molecular flexibility index (Phi) is 2.52. The minimum absolute atomic E-state index is 0.206. The lowest BCUT2D eigenvalue weighted by molar-refractivity contribution is 0.0689. The molecule has 0 saturated carbocycles. The Morgan fingerprint density at radius 1 is 1.69 bits per heavy atom. The van der Waals surface area contributed by atoms with Gasteiger partial charge in [0.1, 0.15) is 5.02 Å². The highest BCUT2D eigenvalue weighted by molar-refractivity contribution is 6.34. The van der Waals surface area contributed by atoms with Crippen molar-refractivity contribution in [2.45, 2.75) is 0 Å². The standard InChI is InChI=1S/C6H5ClN2O4/c1-13-4-2(7)3(5(10)11)8-6(12)9-4/h1H3,(H,10,11)(H,8,9,12). The van der Waals surface area contributed by atoms with Gasteiger partial charge in [-0.3, -0.25) is 4.98 Å². The lowest BCUT2D eigenvalue weighted by Crippen LogP contribution is -2.17. The van der Waals surface area contributed by atoms with Gasteiger partial charge < -0.3 is 9.84 Å². The van der Waals surface area contributed by atoms with E-state index in [1.807, 2.05) is 4.98 Å². The van der Waals surface area contributed by atoms with Crippen molar-refractivity contribution in [1.82, 2.24) is 9.97 Å². The van der Waals surface area contributed by atoms with Crippen molar-refractivity contribution >= 4 is 17.6 Å². The Hall–Kier alpha value is -1.56. The zero-order chi connectivity index (χ0) is 10.0. The van der Waals surface area contributed by atoms with Gasteiger partial charge in [0.15, 0.2) is 5.69 Å². The summed E-state index contributed by atoms with van der Waals surface area (Å²) < 4.78 is 4.59. The number of aromatic nitrogens is 2. The van der Waals surface area contributed by atoms with E-state index in [0.29, 0.717) is 0 Å². The first kappa shape index (κ1) is 9.53. The number of nitrogens with one attached hydrogen (secondary N) is 1. The van der Waals surface area contributed by atoms with Crippen LogP contribution in [0.4, 0.5) is 0 Å². The quantitative estimate of drug-likeness (QED) is 0.714. The molecule has 1 aromatic heterocycles. The SMILES string of the molecule is COc1nc(=O)[nH]c(C(=O)O)c1Cl. The summed E-state index contributed by atoms with van der Waals surface area (Å²) in [4.78, 5) is 26.5. The average molecular weight is 205 g/mol. The fourth-order valence-electron chi connectivity index (χ4n) is 0.721. The van der Waals surface area contributed by atoms with Crippen molar-refractivity contribution < 1.29 is 14.6 Å². The minimum Gasteiger partial charge on any atom is -0.480 e. The number of nitrogens with zero attached hydrogens (tertiary/aromatic N) is 1. The van der Waals surface area contributed by atoms with Crippen LogP contribution in [0.3, 0.4) is 0 Å². The molecule has 1 heterocycles. The summed E-state index contributed by atoms with van der Waals surface area (Å²) in [5.74, 6) is -1.55. The second-order valence-electron chi connectivity index (χ2n) is 2.05. The van der Waals surface area contributed by atoms with Crippen LogP contribution in [0.25, 0.3) is 0 Å². The predicted octanol–water partition coefficient (Wildman–Crippen LogP) is 0.130. The zero-order valence-electron chi connectivity index (χ0n) is 6.50. The van der Waals surface area contributed by atoms with Gasteiger partial charge in [-0.2, -0.15) is 4.98 Å². The van der Waals surface area contributed by atoms with E-state index in [4.69, 9.17) is 16.7 Å². The van der Waals surface area contributed by atoms with E-state index in [-0.39, 0.29) is 10.9 Å². The smallest absolute Gasteiger partial charge is 0.354 e. The Bertz CT molecular complexity index is 400. The molecule has 0 spiro atoms. The normalized spacial score (nSPS) is 9.69. The van der Waals surface area contributed by atoms with Crippen molar-refractivity contribution in [2.24, 2.45) is 0 Å². The molecule has 0 unspecified atom stereocenters. The van der Waals surface area contributed by atoms with Crippen LogP contribution < -0.4 is 10.4 Å². The van der Waals surface area contributed by atoms with Gasteiger partial charge in [0.25, 0.3) is 0 Å². The summed E-state index contributed by atoms with van der Waals surface area (Å²) in [6, 6.07) is 0. The van der Waals surface area contributed by atoms with Crippen molar-refractivity contribution in [3.63, 3.8) is 0 Å². The Balaban J connectivity index is 3.44.